The second-order valence-corrected chi connectivity index (χ2v) is 6.28. The summed E-state index contributed by atoms with van der Waals surface area (Å²) in [4.78, 5) is 0. The first-order valence-corrected chi connectivity index (χ1v) is 7.82. The molecule has 0 amide bonds. The highest BCUT2D eigenvalue weighted by molar-refractivity contribution is 9.10. The number of rotatable bonds is 4. The fourth-order valence-electron chi connectivity index (χ4n) is 2.61. The highest BCUT2D eigenvalue weighted by Crippen LogP contribution is 2.29. The molecule has 1 N–H and O–H groups in total. The molecule has 2 aromatic rings. The summed E-state index contributed by atoms with van der Waals surface area (Å²) in [7, 11) is 0. The van der Waals surface area contributed by atoms with Gasteiger partial charge in [0, 0.05) is 24.0 Å². The molecule has 0 saturated heterocycles. The smallest absolute Gasteiger partial charge is 0.123 e. The van der Waals surface area contributed by atoms with E-state index in [1.165, 1.54) is 17.2 Å². The molecule has 1 atom stereocenters. The average Bonchev–Trinajstić information content (AvgIpc) is 2.84. The summed E-state index contributed by atoms with van der Waals surface area (Å²) in [6.07, 6.45) is 1.07. The number of aryl methyl sites for hydroxylation is 1. The molecular formula is C17H17BrFNO. The van der Waals surface area contributed by atoms with Gasteiger partial charge in [0.1, 0.15) is 17.7 Å². The lowest BCUT2D eigenvalue weighted by molar-refractivity contribution is 0.227. The highest BCUT2D eigenvalue weighted by Gasteiger charge is 2.22. The van der Waals surface area contributed by atoms with Crippen molar-refractivity contribution in [1.82, 2.24) is 5.32 Å². The molecule has 0 saturated carbocycles. The normalized spacial score (nSPS) is 16.6. The lowest BCUT2D eigenvalue weighted by atomic mass is 10.1. The minimum Gasteiger partial charge on any atom is -0.488 e. The zero-order chi connectivity index (χ0) is 14.8. The van der Waals surface area contributed by atoms with Crippen molar-refractivity contribution in [3.63, 3.8) is 0 Å². The maximum Gasteiger partial charge on any atom is 0.123 e. The monoisotopic (exact) mass is 349 g/mol. The van der Waals surface area contributed by atoms with Crippen LogP contribution in [0.3, 0.4) is 0 Å². The van der Waals surface area contributed by atoms with Crippen LogP contribution in [0.4, 0.5) is 4.39 Å². The van der Waals surface area contributed by atoms with Crippen molar-refractivity contribution in [1.29, 1.82) is 0 Å². The molecule has 1 aliphatic heterocycles. The summed E-state index contributed by atoms with van der Waals surface area (Å²) in [5, 5.41) is 3.34. The Kier molecular flexibility index (Phi) is 4.27. The largest absolute Gasteiger partial charge is 0.488 e. The van der Waals surface area contributed by atoms with Crippen molar-refractivity contribution in [3.8, 4) is 5.75 Å². The van der Waals surface area contributed by atoms with Crippen LogP contribution in [-0.4, -0.2) is 12.6 Å². The number of halogens is 2. The molecule has 1 heterocycles. The van der Waals surface area contributed by atoms with Crippen LogP contribution in [0.5, 0.6) is 5.75 Å². The third kappa shape index (κ3) is 3.44. The standard InChI is InChI=1S/C17H17BrFNO/c1-11-2-5-17-12(6-11)8-15(21-17)10-20-9-13-7-14(19)3-4-16(13)18/h2-7,15,20H,8-10H2,1H3. The fraction of sp³-hybridized carbons (Fsp3) is 0.294. The topological polar surface area (TPSA) is 21.3 Å². The molecule has 2 aromatic carbocycles. The van der Waals surface area contributed by atoms with Gasteiger partial charge in [-0.25, -0.2) is 4.39 Å². The minimum absolute atomic E-state index is 0.147. The maximum absolute atomic E-state index is 13.2. The molecule has 1 unspecified atom stereocenters. The third-order valence-corrected chi connectivity index (χ3v) is 4.43. The van der Waals surface area contributed by atoms with Crippen LogP contribution in [-0.2, 0) is 13.0 Å². The summed E-state index contributed by atoms with van der Waals surface area (Å²) in [6, 6.07) is 11.0. The number of nitrogens with one attached hydrogen (secondary N) is 1. The molecule has 0 spiro atoms. The quantitative estimate of drug-likeness (QED) is 0.900. The third-order valence-electron chi connectivity index (χ3n) is 3.65. The first kappa shape index (κ1) is 14.5. The van der Waals surface area contributed by atoms with Crippen molar-refractivity contribution >= 4 is 15.9 Å². The second kappa shape index (κ2) is 6.16. The molecule has 110 valence electrons. The summed E-state index contributed by atoms with van der Waals surface area (Å²) in [5.41, 5.74) is 3.45. The van der Waals surface area contributed by atoms with Crippen LogP contribution in [0.15, 0.2) is 40.9 Å². The summed E-state index contributed by atoms with van der Waals surface area (Å²) < 4.78 is 20.0. The molecular weight excluding hydrogens is 333 g/mol. The summed E-state index contributed by atoms with van der Waals surface area (Å²) in [5.74, 6) is 0.773. The number of benzene rings is 2. The number of ether oxygens (including phenoxy) is 1. The average molecular weight is 350 g/mol. The van der Waals surface area contributed by atoms with Gasteiger partial charge in [-0.05, 0) is 42.3 Å². The molecule has 0 bridgehead atoms. The number of hydrogen-bond donors (Lipinski definition) is 1. The molecule has 1 aliphatic rings. The number of fused-ring (bicyclic) bond motifs is 1. The molecule has 0 radical (unpaired) electrons. The van der Waals surface area contributed by atoms with E-state index in [9.17, 15) is 4.39 Å². The van der Waals surface area contributed by atoms with Gasteiger partial charge in [-0.15, -0.1) is 0 Å². The maximum atomic E-state index is 13.2. The molecule has 3 rings (SSSR count). The van der Waals surface area contributed by atoms with Crippen LogP contribution in [0.2, 0.25) is 0 Å². The van der Waals surface area contributed by atoms with Gasteiger partial charge in [0.25, 0.3) is 0 Å². The van der Waals surface area contributed by atoms with Gasteiger partial charge >= 0.3 is 0 Å². The Labute approximate surface area is 132 Å². The van der Waals surface area contributed by atoms with Gasteiger partial charge in [0.05, 0.1) is 0 Å². The predicted octanol–water partition coefficient (Wildman–Crippen LogP) is 3.99. The Morgan fingerprint density at radius 1 is 1.29 bits per heavy atom. The van der Waals surface area contributed by atoms with E-state index in [4.69, 9.17) is 4.74 Å². The molecule has 21 heavy (non-hydrogen) atoms. The first-order valence-electron chi connectivity index (χ1n) is 7.02. The van der Waals surface area contributed by atoms with Gasteiger partial charge in [-0.1, -0.05) is 33.6 Å². The predicted molar refractivity (Wildman–Crippen MR) is 85.1 cm³/mol. The molecule has 4 heteroatoms. The van der Waals surface area contributed by atoms with Gasteiger partial charge in [0.15, 0.2) is 0 Å². The van der Waals surface area contributed by atoms with Crippen molar-refractivity contribution in [2.45, 2.75) is 26.0 Å². The van der Waals surface area contributed by atoms with Crippen molar-refractivity contribution in [3.05, 3.63) is 63.4 Å². The molecule has 0 aromatic heterocycles. The van der Waals surface area contributed by atoms with E-state index >= 15 is 0 Å². The van der Waals surface area contributed by atoms with E-state index in [0.717, 1.165) is 28.8 Å². The van der Waals surface area contributed by atoms with Gasteiger partial charge in [0.2, 0.25) is 0 Å². The van der Waals surface area contributed by atoms with E-state index < -0.39 is 0 Å². The first-order chi connectivity index (χ1) is 10.1. The number of hydrogen-bond acceptors (Lipinski definition) is 2. The zero-order valence-electron chi connectivity index (χ0n) is 11.8. The minimum atomic E-state index is -0.213. The van der Waals surface area contributed by atoms with Crippen molar-refractivity contribution < 1.29 is 9.13 Å². The summed E-state index contributed by atoms with van der Waals surface area (Å²) >= 11 is 3.44. The van der Waals surface area contributed by atoms with E-state index in [1.54, 1.807) is 12.1 Å². The van der Waals surface area contributed by atoms with E-state index in [1.807, 2.05) is 6.07 Å². The molecule has 0 aliphatic carbocycles. The zero-order valence-corrected chi connectivity index (χ0v) is 13.4. The van der Waals surface area contributed by atoms with Gasteiger partial charge in [-0.2, -0.15) is 0 Å². The van der Waals surface area contributed by atoms with Crippen molar-refractivity contribution in [2.24, 2.45) is 0 Å². The van der Waals surface area contributed by atoms with E-state index in [-0.39, 0.29) is 11.9 Å². The van der Waals surface area contributed by atoms with Crippen LogP contribution in [0.25, 0.3) is 0 Å². The summed E-state index contributed by atoms with van der Waals surface area (Å²) in [6.45, 7) is 3.46. The van der Waals surface area contributed by atoms with E-state index in [2.05, 4.69) is 40.3 Å². The Balaban J connectivity index is 1.54. The van der Waals surface area contributed by atoms with Crippen LogP contribution in [0, 0.1) is 12.7 Å². The Morgan fingerprint density at radius 3 is 3.00 bits per heavy atom. The fourth-order valence-corrected chi connectivity index (χ4v) is 3.00. The van der Waals surface area contributed by atoms with E-state index in [0.29, 0.717) is 6.54 Å². The van der Waals surface area contributed by atoms with Crippen LogP contribution < -0.4 is 10.1 Å². The SMILES string of the molecule is Cc1ccc2c(c1)CC(CNCc1cc(F)ccc1Br)O2. The Morgan fingerprint density at radius 2 is 2.14 bits per heavy atom. The van der Waals surface area contributed by atoms with Crippen molar-refractivity contribution in [2.75, 3.05) is 6.54 Å². The van der Waals surface area contributed by atoms with Crippen LogP contribution in [0.1, 0.15) is 16.7 Å². The Bertz CT molecular complexity index is 659. The van der Waals surface area contributed by atoms with Gasteiger partial charge in [-0.3, -0.25) is 0 Å². The lowest BCUT2D eigenvalue weighted by Crippen LogP contribution is -2.29. The van der Waals surface area contributed by atoms with Gasteiger partial charge < -0.3 is 10.1 Å². The molecule has 2 nitrogen and oxygen atoms in total. The second-order valence-electron chi connectivity index (χ2n) is 5.42. The van der Waals surface area contributed by atoms with Crippen LogP contribution >= 0.6 is 15.9 Å². The molecule has 0 fully saturated rings. The lowest BCUT2D eigenvalue weighted by Gasteiger charge is -2.12. The Hall–Kier alpha value is -1.39. The highest BCUT2D eigenvalue weighted by atomic mass is 79.9.